The Balaban J connectivity index is 1.42. The molecule has 1 atom stereocenters. The third kappa shape index (κ3) is 5.61. The Labute approximate surface area is 170 Å². The molecule has 1 unspecified atom stereocenters. The second kappa shape index (κ2) is 9.77. The standard InChI is InChI=1S/C19H32F3N7/c1-15(19(20,21)22)27-11-13-28(14-12-27)18(23-2)24-9-6-8-17-26-25-16-7-4-3-5-10-29(16)17/h15H,3-14H2,1-2H3,(H,23,24). The van der Waals surface area contributed by atoms with Crippen molar-refractivity contribution in [2.45, 2.75) is 64.2 Å². The van der Waals surface area contributed by atoms with Crippen molar-refractivity contribution >= 4 is 5.96 Å². The summed E-state index contributed by atoms with van der Waals surface area (Å²) in [7, 11) is 1.71. The fourth-order valence-electron chi connectivity index (χ4n) is 4.04. The Bertz CT molecular complexity index is 678. The minimum Gasteiger partial charge on any atom is -0.356 e. The summed E-state index contributed by atoms with van der Waals surface area (Å²) in [6.07, 6.45) is 2.21. The number of aryl methyl sites for hydroxylation is 2. The minimum absolute atomic E-state index is 0.382. The Hall–Kier alpha value is -1.84. The van der Waals surface area contributed by atoms with E-state index in [1.807, 2.05) is 4.90 Å². The monoisotopic (exact) mass is 415 g/mol. The number of aromatic nitrogens is 3. The summed E-state index contributed by atoms with van der Waals surface area (Å²) < 4.78 is 41.0. The van der Waals surface area contributed by atoms with Crippen LogP contribution >= 0.6 is 0 Å². The number of hydrogen-bond donors (Lipinski definition) is 1. The lowest BCUT2D eigenvalue weighted by Crippen LogP contribution is -2.56. The van der Waals surface area contributed by atoms with Crippen molar-refractivity contribution in [2.24, 2.45) is 4.99 Å². The molecule has 0 amide bonds. The average Bonchev–Trinajstić information content (AvgIpc) is 2.93. The minimum atomic E-state index is -4.18. The smallest absolute Gasteiger partial charge is 0.356 e. The number of fused-ring (bicyclic) bond motifs is 1. The third-order valence-corrected chi connectivity index (χ3v) is 5.89. The number of halogens is 3. The summed E-state index contributed by atoms with van der Waals surface area (Å²) >= 11 is 0. The fourth-order valence-corrected chi connectivity index (χ4v) is 4.04. The molecule has 164 valence electrons. The zero-order valence-corrected chi connectivity index (χ0v) is 17.4. The average molecular weight is 416 g/mol. The number of aliphatic imine (C=N–C) groups is 1. The first-order valence-electron chi connectivity index (χ1n) is 10.6. The van der Waals surface area contributed by atoms with E-state index in [-0.39, 0.29) is 0 Å². The van der Waals surface area contributed by atoms with Crippen molar-refractivity contribution in [3.63, 3.8) is 0 Å². The maximum Gasteiger partial charge on any atom is 0.403 e. The van der Waals surface area contributed by atoms with E-state index >= 15 is 0 Å². The Morgan fingerprint density at radius 2 is 1.86 bits per heavy atom. The van der Waals surface area contributed by atoms with E-state index in [1.54, 1.807) is 7.05 Å². The molecule has 3 heterocycles. The van der Waals surface area contributed by atoms with Gasteiger partial charge in [0.15, 0.2) is 5.96 Å². The molecule has 2 aliphatic rings. The van der Waals surface area contributed by atoms with Crippen molar-refractivity contribution in [1.29, 1.82) is 0 Å². The number of guanidine groups is 1. The number of piperazine rings is 1. The van der Waals surface area contributed by atoms with Gasteiger partial charge in [0.25, 0.3) is 0 Å². The summed E-state index contributed by atoms with van der Waals surface area (Å²) in [6.45, 7) is 4.82. The molecule has 2 aliphatic heterocycles. The van der Waals surface area contributed by atoms with Gasteiger partial charge in [0.1, 0.15) is 17.7 Å². The van der Waals surface area contributed by atoms with E-state index < -0.39 is 12.2 Å². The van der Waals surface area contributed by atoms with Gasteiger partial charge < -0.3 is 14.8 Å². The molecular weight excluding hydrogens is 383 g/mol. The molecule has 29 heavy (non-hydrogen) atoms. The Morgan fingerprint density at radius 1 is 1.10 bits per heavy atom. The third-order valence-electron chi connectivity index (χ3n) is 5.89. The largest absolute Gasteiger partial charge is 0.403 e. The van der Waals surface area contributed by atoms with Gasteiger partial charge in [0, 0.05) is 59.2 Å². The van der Waals surface area contributed by atoms with Crippen LogP contribution in [0.15, 0.2) is 4.99 Å². The van der Waals surface area contributed by atoms with Crippen LogP contribution in [0.1, 0.15) is 44.3 Å². The topological polar surface area (TPSA) is 61.6 Å². The summed E-state index contributed by atoms with van der Waals surface area (Å²) in [6, 6.07) is -1.40. The van der Waals surface area contributed by atoms with E-state index in [2.05, 4.69) is 25.1 Å². The first-order chi connectivity index (χ1) is 13.9. The van der Waals surface area contributed by atoms with Crippen LogP contribution in [0.3, 0.4) is 0 Å². The van der Waals surface area contributed by atoms with Crippen molar-refractivity contribution in [3.05, 3.63) is 11.6 Å². The van der Waals surface area contributed by atoms with Crippen molar-refractivity contribution in [2.75, 3.05) is 39.8 Å². The van der Waals surface area contributed by atoms with E-state index in [0.29, 0.717) is 26.2 Å². The van der Waals surface area contributed by atoms with E-state index in [1.165, 1.54) is 31.1 Å². The molecule has 0 bridgehead atoms. The first-order valence-corrected chi connectivity index (χ1v) is 10.6. The van der Waals surface area contributed by atoms with Crippen LogP contribution in [0, 0.1) is 0 Å². The number of rotatable bonds is 5. The zero-order valence-electron chi connectivity index (χ0n) is 17.4. The fraction of sp³-hybridized carbons (Fsp3) is 0.842. The lowest BCUT2D eigenvalue weighted by Gasteiger charge is -2.39. The quantitative estimate of drug-likeness (QED) is 0.453. The highest BCUT2D eigenvalue weighted by Crippen LogP contribution is 2.25. The van der Waals surface area contributed by atoms with Gasteiger partial charge >= 0.3 is 6.18 Å². The maximum atomic E-state index is 12.9. The van der Waals surface area contributed by atoms with Crippen LogP contribution < -0.4 is 5.32 Å². The predicted octanol–water partition coefficient (Wildman–Crippen LogP) is 2.08. The summed E-state index contributed by atoms with van der Waals surface area (Å²) in [4.78, 5) is 7.82. The molecule has 1 aromatic rings. The van der Waals surface area contributed by atoms with Crippen molar-refractivity contribution in [1.82, 2.24) is 29.9 Å². The van der Waals surface area contributed by atoms with E-state index in [9.17, 15) is 13.2 Å². The first kappa shape index (κ1) is 21.9. The lowest BCUT2D eigenvalue weighted by atomic mass is 10.2. The van der Waals surface area contributed by atoms with Gasteiger partial charge in [-0.3, -0.25) is 9.89 Å². The molecule has 0 spiro atoms. The number of alkyl halides is 3. The molecule has 0 saturated carbocycles. The van der Waals surface area contributed by atoms with Crippen LogP contribution in [0.5, 0.6) is 0 Å². The molecule has 3 rings (SSSR count). The van der Waals surface area contributed by atoms with Gasteiger partial charge in [-0.25, -0.2) is 0 Å². The normalized spacial score (nSPS) is 20.3. The highest BCUT2D eigenvalue weighted by atomic mass is 19.4. The van der Waals surface area contributed by atoms with Crippen molar-refractivity contribution < 1.29 is 13.2 Å². The SMILES string of the molecule is CN=C(NCCCc1nnc2n1CCCCC2)N1CCN(C(C)C(F)(F)F)CC1. The second-order valence-electron chi connectivity index (χ2n) is 7.81. The maximum absolute atomic E-state index is 12.9. The van der Waals surface area contributed by atoms with Gasteiger partial charge in [-0.2, -0.15) is 13.2 Å². The second-order valence-corrected chi connectivity index (χ2v) is 7.81. The highest BCUT2D eigenvalue weighted by molar-refractivity contribution is 5.79. The zero-order chi connectivity index (χ0) is 20.9. The van der Waals surface area contributed by atoms with E-state index in [0.717, 1.165) is 50.0 Å². The van der Waals surface area contributed by atoms with Crippen LogP contribution in [0.25, 0.3) is 0 Å². The van der Waals surface area contributed by atoms with Gasteiger partial charge in [0.2, 0.25) is 0 Å². The van der Waals surface area contributed by atoms with Crippen molar-refractivity contribution in [3.8, 4) is 0 Å². The molecule has 10 heteroatoms. The van der Waals surface area contributed by atoms with Gasteiger partial charge in [-0.1, -0.05) is 6.42 Å². The number of nitrogens with one attached hydrogen (secondary N) is 1. The predicted molar refractivity (Wildman–Crippen MR) is 106 cm³/mol. The lowest BCUT2D eigenvalue weighted by molar-refractivity contribution is -0.181. The van der Waals surface area contributed by atoms with E-state index in [4.69, 9.17) is 0 Å². The molecule has 7 nitrogen and oxygen atoms in total. The molecule has 0 aromatic carbocycles. The summed E-state index contributed by atoms with van der Waals surface area (Å²) in [5.41, 5.74) is 0. The van der Waals surface area contributed by atoms with Crippen LogP contribution in [-0.2, 0) is 19.4 Å². The number of hydrogen-bond acceptors (Lipinski definition) is 4. The molecule has 1 fully saturated rings. The summed E-state index contributed by atoms with van der Waals surface area (Å²) in [5.74, 6) is 2.91. The molecular formula is C19H32F3N7. The van der Waals surface area contributed by atoms with Crippen LogP contribution in [-0.4, -0.2) is 82.5 Å². The van der Waals surface area contributed by atoms with Gasteiger partial charge in [-0.05, 0) is 26.2 Å². The molecule has 1 saturated heterocycles. The number of nitrogens with zero attached hydrogens (tertiary/aromatic N) is 6. The van der Waals surface area contributed by atoms with Crippen LogP contribution in [0.4, 0.5) is 13.2 Å². The molecule has 1 aromatic heterocycles. The Morgan fingerprint density at radius 3 is 2.55 bits per heavy atom. The van der Waals surface area contributed by atoms with Gasteiger partial charge in [0.05, 0.1) is 0 Å². The molecule has 1 N–H and O–H groups in total. The summed E-state index contributed by atoms with van der Waals surface area (Å²) in [5, 5.41) is 12.0. The highest BCUT2D eigenvalue weighted by Gasteiger charge is 2.41. The Kier molecular flexibility index (Phi) is 7.37. The van der Waals surface area contributed by atoms with Gasteiger partial charge in [-0.15, -0.1) is 10.2 Å². The van der Waals surface area contributed by atoms with Crippen LogP contribution in [0.2, 0.25) is 0 Å². The molecule has 0 aliphatic carbocycles. The molecule has 0 radical (unpaired) electrons.